The molecule has 1 amide bonds. The number of ether oxygens (including phenoxy) is 1. The monoisotopic (exact) mass is 442 g/mol. The van der Waals surface area contributed by atoms with Crippen molar-refractivity contribution in [2.24, 2.45) is 0 Å². The molecule has 1 atom stereocenters. The number of aryl methyl sites for hydroxylation is 1. The van der Waals surface area contributed by atoms with E-state index < -0.39 is 5.97 Å². The van der Waals surface area contributed by atoms with E-state index in [-0.39, 0.29) is 17.8 Å². The number of nitrogens with one attached hydrogen (secondary N) is 1. The number of hydrogen-bond donors (Lipinski definition) is 1. The standard InChI is InChI=1S/C21H22N4O3S2/c1-4-16(19(26)25-21-24-13(3)18(30-21)20(27)28-5-2)29-17-11-15(22-12-23-17)14-9-7-6-8-10-14/h6-12,16H,4-5H2,1-3H3,(H,24,25,26). The summed E-state index contributed by atoms with van der Waals surface area (Å²) in [5.41, 5.74) is 2.33. The number of benzene rings is 1. The van der Waals surface area contributed by atoms with E-state index in [0.29, 0.717) is 27.1 Å². The van der Waals surface area contributed by atoms with Crippen LogP contribution >= 0.6 is 23.1 Å². The summed E-state index contributed by atoms with van der Waals surface area (Å²) in [4.78, 5) is 38.1. The van der Waals surface area contributed by atoms with Gasteiger partial charge in [-0.2, -0.15) is 0 Å². The molecule has 2 heterocycles. The maximum absolute atomic E-state index is 12.8. The zero-order chi connectivity index (χ0) is 21.5. The zero-order valence-electron chi connectivity index (χ0n) is 16.9. The number of carbonyl (C=O) groups excluding carboxylic acids is 2. The van der Waals surface area contributed by atoms with Gasteiger partial charge in [0.15, 0.2) is 5.13 Å². The number of carbonyl (C=O) groups is 2. The lowest BCUT2D eigenvalue weighted by atomic mass is 10.1. The summed E-state index contributed by atoms with van der Waals surface area (Å²) in [7, 11) is 0. The normalized spacial score (nSPS) is 11.7. The second-order valence-electron chi connectivity index (χ2n) is 6.27. The van der Waals surface area contributed by atoms with Crippen LogP contribution in [-0.4, -0.2) is 38.7 Å². The second-order valence-corrected chi connectivity index (χ2v) is 8.49. The molecule has 0 bridgehead atoms. The molecule has 3 rings (SSSR count). The van der Waals surface area contributed by atoms with Crippen LogP contribution in [0.15, 0.2) is 47.8 Å². The lowest BCUT2D eigenvalue weighted by Gasteiger charge is -2.13. The predicted octanol–water partition coefficient (Wildman–Crippen LogP) is 4.59. The van der Waals surface area contributed by atoms with Crippen molar-refractivity contribution in [1.29, 1.82) is 0 Å². The first-order valence-electron chi connectivity index (χ1n) is 9.51. The minimum absolute atomic E-state index is 0.188. The maximum Gasteiger partial charge on any atom is 0.350 e. The molecule has 156 valence electrons. The number of thiazole rings is 1. The SMILES string of the molecule is CCOC(=O)c1sc(NC(=O)C(CC)Sc2cc(-c3ccccc3)ncn2)nc1C. The van der Waals surface area contributed by atoms with Crippen LogP contribution in [0.4, 0.5) is 5.13 Å². The Morgan fingerprint density at radius 3 is 2.67 bits per heavy atom. The minimum Gasteiger partial charge on any atom is -0.462 e. The van der Waals surface area contributed by atoms with Gasteiger partial charge in [0, 0.05) is 5.56 Å². The van der Waals surface area contributed by atoms with Gasteiger partial charge in [-0.3, -0.25) is 4.79 Å². The van der Waals surface area contributed by atoms with Crippen LogP contribution in [0.5, 0.6) is 0 Å². The van der Waals surface area contributed by atoms with Crippen LogP contribution in [-0.2, 0) is 9.53 Å². The third-order valence-electron chi connectivity index (χ3n) is 4.13. The molecule has 9 heteroatoms. The number of amides is 1. The van der Waals surface area contributed by atoms with Crippen LogP contribution in [0.3, 0.4) is 0 Å². The van der Waals surface area contributed by atoms with Gasteiger partial charge in [-0.15, -0.1) is 0 Å². The number of rotatable bonds is 8. The average Bonchev–Trinajstić information content (AvgIpc) is 3.13. The van der Waals surface area contributed by atoms with Gasteiger partial charge in [-0.25, -0.2) is 19.7 Å². The van der Waals surface area contributed by atoms with Gasteiger partial charge in [-0.05, 0) is 26.3 Å². The number of thioether (sulfide) groups is 1. The van der Waals surface area contributed by atoms with E-state index in [2.05, 4.69) is 20.3 Å². The first-order valence-corrected chi connectivity index (χ1v) is 11.2. The molecule has 0 spiro atoms. The van der Waals surface area contributed by atoms with Gasteiger partial charge in [0.2, 0.25) is 5.91 Å². The Morgan fingerprint density at radius 2 is 1.97 bits per heavy atom. The van der Waals surface area contributed by atoms with Gasteiger partial charge in [-0.1, -0.05) is 60.4 Å². The van der Waals surface area contributed by atoms with E-state index in [1.807, 2.05) is 43.3 Å². The smallest absolute Gasteiger partial charge is 0.350 e. The zero-order valence-corrected chi connectivity index (χ0v) is 18.5. The van der Waals surface area contributed by atoms with Crippen molar-refractivity contribution >= 4 is 40.1 Å². The van der Waals surface area contributed by atoms with Gasteiger partial charge < -0.3 is 10.1 Å². The molecule has 0 saturated heterocycles. The Bertz CT molecular complexity index is 1020. The Kier molecular flexibility index (Phi) is 7.53. The van der Waals surface area contributed by atoms with Gasteiger partial charge >= 0.3 is 5.97 Å². The van der Waals surface area contributed by atoms with Crippen LogP contribution in [0.2, 0.25) is 0 Å². The molecule has 0 aliphatic rings. The summed E-state index contributed by atoms with van der Waals surface area (Å²) in [6.45, 7) is 5.69. The summed E-state index contributed by atoms with van der Waals surface area (Å²) in [6.07, 6.45) is 2.11. The first-order chi connectivity index (χ1) is 14.5. The summed E-state index contributed by atoms with van der Waals surface area (Å²) >= 11 is 2.49. The number of aromatic nitrogens is 3. The number of esters is 1. The Morgan fingerprint density at radius 1 is 1.20 bits per heavy atom. The molecule has 7 nitrogen and oxygen atoms in total. The van der Waals surface area contributed by atoms with Crippen molar-refractivity contribution < 1.29 is 14.3 Å². The van der Waals surface area contributed by atoms with Crippen molar-refractivity contribution in [3.05, 3.63) is 53.3 Å². The second kappa shape index (κ2) is 10.3. The molecule has 0 aliphatic heterocycles. The maximum atomic E-state index is 12.8. The highest BCUT2D eigenvalue weighted by Gasteiger charge is 2.22. The summed E-state index contributed by atoms with van der Waals surface area (Å²) < 4.78 is 5.02. The first kappa shape index (κ1) is 21.9. The molecular weight excluding hydrogens is 420 g/mol. The molecule has 3 aromatic rings. The number of nitrogens with zero attached hydrogens (tertiary/aromatic N) is 3. The molecule has 1 N–H and O–H groups in total. The summed E-state index contributed by atoms with van der Waals surface area (Å²) in [6, 6.07) is 11.7. The van der Waals surface area contributed by atoms with Crippen LogP contribution in [0.25, 0.3) is 11.3 Å². The number of hydrogen-bond acceptors (Lipinski definition) is 8. The van der Waals surface area contributed by atoms with E-state index >= 15 is 0 Å². The molecule has 1 aromatic carbocycles. The van der Waals surface area contributed by atoms with Crippen molar-refractivity contribution in [2.45, 2.75) is 37.5 Å². The molecule has 30 heavy (non-hydrogen) atoms. The Labute approximate surface area is 183 Å². The molecule has 0 saturated carbocycles. The highest BCUT2D eigenvalue weighted by molar-refractivity contribution is 8.00. The summed E-state index contributed by atoms with van der Waals surface area (Å²) in [5.74, 6) is -0.615. The molecule has 2 aromatic heterocycles. The van der Waals surface area contributed by atoms with Gasteiger partial charge in [0.05, 0.1) is 23.2 Å². The van der Waals surface area contributed by atoms with E-state index in [0.717, 1.165) is 22.6 Å². The molecule has 0 fully saturated rings. The van der Waals surface area contributed by atoms with Gasteiger partial charge in [0.25, 0.3) is 0 Å². The van der Waals surface area contributed by atoms with Crippen molar-refractivity contribution in [3.63, 3.8) is 0 Å². The van der Waals surface area contributed by atoms with Gasteiger partial charge in [0.1, 0.15) is 16.2 Å². The molecule has 1 unspecified atom stereocenters. The lowest BCUT2D eigenvalue weighted by Crippen LogP contribution is -2.24. The van der Waals surface area contributed by atoms with Crippen LogP contribution in [0.1, 0.15) is 35.6 Å². The molecular formula is C21H22N4O3S2. The van der Waals surface area contributed by atoms with Crippen LogP contribution < -0.4 is 5.32 Å². The van der Waals surface area contributed by atoms with Crippen molar-refractivity contribution in [1.82, 2.24) is 15.0 Å². The fourth-order valence-electron chi connectivity index (χ4n) is 2.66. The number of anilines is 1. The fourth-order valence-corrected chi connectivity index (χ4v) is 4.44. The highest BCUT2D eigenvalue weighted by Crippen LogP contribution is 2.29. The minimum atomic E-state index is -0.427. The molecule has 0 radical (unpaired) electrons. The van der Waals surface area contributed by atoms with E-state index in [1.54, 1.807) is 13.8 Å². The Balaban J connectivity index is 1.70. The third-order valence-corrected chi connectivity index (χ3v) is 6.47. The van der Waals surface area contributed by atoms with E-state index in [9.17, 15) is 9.59 Å². The summed E-state index contributed by atoms with van der Waals surface area (Å²) in [5, 5.41) is 3.55. The molecule has 0 aliphatic carbocycles. The Hall–Kier alpha value is -2.78. The fraction of sp³-hybridized carbons (Fsp3) is 0.286. The third kappa shape index (κ3) is 5.43. The highest BCUT2D eigenvalue weighted by atomic mass is 32.2. The van der Waals surface area contributed by atoms with E-state index in [1.165, 1.54) is 18.1 Å². The van der Waals surface area contributed by atoms with Crippen molar-refractivity contribution in [3.8, 4) is 11.3 Å². The topological polar surface area (TPSA) is 94.1 Å². The average molecular weight is 443 g/mol. The van der Waals surface area contributed by atoms with Crippen LogP contribution in [0, 0.1) is 6.92 Å². The lowest BCUT2D eigenvalue weighted by molar-refractivity contribution is -0.115. The predicted molar refractivity (Wildman–Crippen MR) is 119 cm³/mol. The quantitative estimate of drug-likeness (QED) is 0.310. The van der Waals surface area contributed by atoms with Crippen molar-refractivity contribution in [2.75, 3.05) is 11.9 Å². The van der Waals surface area contributed by atoms with E-state index in [4.69, 9.17) is 4.74 Å². The largest absolute Gasteiger partial charge is 0.462 e.